The molecule has 5 nitrogen and oxygen atoms in total. The van der Waals surface area contributed by atoms with E-state index >= 15 is 0 Å². The van der Waals surface area contributed by atoms with Gasteiger partial charge in [-0.3, -0.25) is 4.79 Å². The quantitative estimate of drug-likeness (QED) is 0.760. The lowest BCUT2D eigenvalue weighted by Gasteiger charge is -2.35. The molecule has 1 saturated carbocycles. The van der Waals surface area contributed by atoms with Crippen LogP contribution in [-0.2, 0) is 15.7 Å². The van der Waals surface area contributed by atoms with Gasteiger partial charge in [0.05, 0.1) is 5.56 Å². The molecule has 1 heterocycles. The number of hydrogen-bond acceptors (Lipinski definition) is 3. The maximum absolute atomic E-state index is 12.7. The van der Waals surface area contributed by atoms with Gasteiger partial charge in [-0.2, -0.15) is 13.2 Å². The van der Waals surface area contributed by atoms with Crippen LogP contribution in [0.25, 0.3) is 0 Å². The standard InChI is InChI=1S/C20H25F3N2O3/c1-19(2,3)28-18(27)25-10-8-24(9-11-25)17(26)16-12-15(16)13-4-6-14(7-5-13)20(21,22)23/h4-7,15-16H,8-12H2,1-3H3/t15-,16+/m0/s1. The van der Waals surface area contributed by atoms with Gasteiger partial charge in [0.15, 0.2) is 0 Å². The number of nitrogens with zero attached hydrogens (tertiary/aromatic N) is 2. The Labute approximate surface area is 162 Å². The highest BCUT2D eigenvalue weighted by Crippen LogP contribution is 2.49. The first-order chi connectivity index (χ1) is 13.0. The minimum absolute atomic E-state index is 0.00809. The van der Waals surface area contributed by atoms with Crippen LogP contribution in [0.3, 0.4) is 0 Å². The third-order valence-corrected chi connectivity index (χ3v) is 5.02. The van der Waals surface area contributed by atoms with Gasteiger partial charge in [-0.15, -0.1) is 0 Å². The molecular formula is C20H25F3N2O3. The summed E-state index contributed by atoms with van der Waals surface area (Å²) in [5.74, 6) is -0.211. The van der Waals surface area contributed by atoms with Crippen LogP contribution in [0.4, 0.5) is 18.0 Å². The Bertz CT molecular complexity index is 733. The first kappa shape index (κ1) is 20.5. The summed E-state index contributed by atoms with van der Waals surface area (Å²) < 4.78 is 43.3. The molecule has 2 aliphatic rings. The van der Waals surface area contributed by atoms with Crippen LogP contribution < -0.4 is 0 Å². The predicted molar refractivity (Wildman–Crippen MR) is 96.7 cm³/mol. The molecule has 2 fully saturated rings. The Morgan fingerprint density at radius 1 is 0.964 bits per heavy atom. The summed E-state index contributed by atoms with van der Waals surface area (Å²) in [7, 11) is 0. The van der Waals surface area contributed by atoms with Crippen molar-refractivity contribution in [3.8, 4) is 0 Å². The molecule has 28 heavy (non-hydrogen) atoms. The molecular weight excluding hydrogens is 373 g/mol. The minimum atomic E-state index is -4.36. The molecule has 2 atom stereocenters. The van der Waals surface area contributed by atoms with Crippen molar-refractivity contribution in [1.29, 1.82) is 0 Å². The second kappa shape index (κ2) is 7.29. The number of halogens is 3. The van der Waals surface area contributed by atoms with Gasteiger partial charge in [0.25, 0.3) is 0 Å². The summed E-state index contributed by atoms with van der Waals surface area (Å²) in [5.41, 5.74) is -0.482. The normalized spacial score (nSPS) is 22.8. The summed E-state index contributed by atoms with van der Waals surface area (Å²) in [5, 5.41) is 0. The summed E-state index contributed by atoms with van der Waals surface area (Å²) >= 11 is 0. The summed E-state index contributed by atoms with van der Waals surface area (Å²) in [6, 6.07) is 5.05. The van der Waals surface area contributed by atoms with Crippen LogP contribution in [0.2, 0.25) is 0 Å². The van der Waals surface area contributed by atoms with Gasteiger partial charge in [-0.05, 0) is 50.8 Å². The minimum Gasteiger partial charge on any atom is -0.444 e. The highest BCUT2D eigenvalue weighted by molar-refractivity contribution is 5.83. The number of benzene rings is 1. The van der Waals surface area contributed by atoms with Gasteiger partial charge in [-0.1, -0.05) is 12.1 Å². The van der Waals surface area contributed by atoms with Crippen molar-refractivity contribution in [2.45, 2.75) is 44.9 Å². The van der Waals surface area contributed by atoms with E-state index in [9.17, 15) is 22.8 Å². The highest BCUT2D eigenvalue weighted by atomic mass is 19.4. The van der Waals surface area contributed by atoms with Crippen LogP contribution in [0.15, 0.2) is 24.3 Å². The van der Waals surface area contributed by atoms with Crippen molar-refractivity contribution in [2.75, 3.05) is 26.2 Å². The van der Waals surface area contributed by atoms with Crippen molar-refractivity contribution in [2.24, 2.45) is 5.92 Å². The molecule has 0 radical (unpaired) electrons. The van der Waals surface area contributed by atoms with Gasteiger partial charge < -0.3 is 14.5 Å². The van der Waals surface area contributed by atoms with E-state index in [0.717, 1.165) is 17.7 Å². The average molecular weight is 398 g/mol. The van der Waals surface area contributed by atoms with Crippen molar-refractivity contribution in [3.05, 3.63) is 35.4 Å². The maximum Gasteiger partial charge on any atom is 0.416 e. The van der Waals surface area contributed by atoms with Crippen molar-refractivity contribution in [1.82, 2.24) is 9.80 Å². The lowest BCUT2D eigenvalue weighted by molar-refractivity contribution is -0.137. The molecule has 1 saturated heterocycles. The monoisotopic (exact) mass is 398 g/mol. The van der Waals surface area contributed by atoms with Crippen molar-refractivity contribution in [3.63, 3.8) is 0 Å². The lowest BCUT2D eigenvalue weighted by atomic mass is 10.1. The molecule has 0 bridgehead atoms. The number of alkyl halides is 3. The SMILES string of the molecule is CC(C)(C)OC(=O)N1CCN(C(=O)[C@@H]2C[C@H]2c2ccc(C(F)(F)F)cc2)CC1. The number of ether oxygens (including phenoxy) is 1. The average Bonchev–Trinajstić information content (AvgIpc) is 3.40. The molecule has 1 aromatic rings. The number of hydrogen-bond donors (Lipinski definition) is 0. The molecule has 8 heteroatoms. The number of rotatable bonds is 2. The van der Waals surface area contributed by atoms with E-state index in [0.29, 0.717) is 32.6 Å². The molecule has 0 spiro atoms. The Hall–Kier alpha value is -2.25. The van der Waals surface area contributed by atoms with Crippen LogP contribution in [-0.4, -0.2) is 53.6 Å². The van der Waals surface area contributed by atoms with Crippen molar-refractivity contribution >= 4 is 12.0 Å². The Morgan fingerprint density at radius 3 is 2.00 bits per heavy atom. The fourth-order valence-electron chi connectivity index (χ4n) is 3.43. The van der Waals surface area contributed by atoms with Gasteiger partial charge in [-0.25, -0.2) is 4.79 Å². The third kappa shape index (κ3) is 4.77. The third-order valence-electron chi connectivity index (χ3n) is 5.02. The topological polar surface area (TPSA) is 49.9 Å². The van der Waals surface area contributed by atoms with Gasteiger partial charge in [0, 0.05) is 32.1 Å². The van der Waals surface area contributed by atoms with E-state index in [2.05, 4.69) is 0 Å². The first-order valence-electron chi connectivity index (χ1n) is 9.39. The van der Waals surface area contributed by atoms with E-state index in [1.54, 1.807) is 30.6 Å². The zero-order valence-corrected chi connectivity index (χ0v) is 16.3. The van der Waals surface area contributed by atoms with Gasteiger partial charge in [0.2, 0.25) is 5.91 Å². The molecule has 1 aliphatic heterocycles. The molecule has 2 amide bonds. The molecule has 3 rings (SSSR count). The van der Waals surface area contributed by atoms with Gasteiger partial charge >= 0.3 is 12.3 Å². The Kier molecular flexibility index (Phi) is 5.34. The van der Waals surface area contributed by atoms with E-state index in [-0.39, 0.29) is 23.8 Å². The number of piperazine rings is 1. The maximum atomic E-state index is 12.7. The number of amides is 2. The first-order valence-corrected chi connectivity index (χ1v) is 9.39. The molecule has 1 aliphatic carbocycles. The molecule has 0 aromatic heterocycles. The fourth-order valence-corrected chi connectivity index (χ4v) is 3.43. The smallest absolute Gasteiger partial charge is 0.416 e. The summed E-state index contributed by atoms with van der Waals surface area (Å²) in [6.45, 7) is 7.12. The molecule has 154 valence electrons. The zero-order valence-electron chi connectivity index (χ0n) is 16.3. The fraction of sp³-hybridized carbons (Fsp3) is 0.600. The van der Waals surface area contributed by atoms with Gasteiger partial charge in [0.1, 0.15) is 5.60 Å². The second-order valence-electron chi connectivity index (χ2n) is 8.36. The van der Waals surface area contributed by atoms with Crippen LogP contribution >= 0.6 is 0 Å². The summed E-state index contributed by atoms with van der Waals surface area (Å²) in [6.07, 6.45) is -4.09. The van der Waals surface area contributed by atoms with Crippen molar-refractivity contribution < 1.29 is 27.5 Å². The Balaban J connectivity index is 1.51. The lowest BCUT2D eigenvalue weighted by Crippen LogP contribution is -2.52. The second-order valence-corrected chi connectivity index (χ2v) is 8.36. The molecule has 0 unspecified atom stereocenters. The molecule has 0 N–H and O–H groups in total. The summed E-state index contributed by atoms with van der Waals surface area (Å²) in [4.78, 5) is 28.1. The van der Waals surface area contributed by atoms with Crippen LogP contribution in [0, 0.1) is 5.92 Å². The highest BCUT2D eigenvalue weighted by Gasteiger charge is 2.46. The molecule has 1 aromatic carbocycles. The Morgan fingerprint density at radius 2 is 1.50 bits per heavy atom. The number of carbonyl (C=O) groups excluding carboxylic acids is 2. The van der Waals surface area contributed by atoms with Crippen LogP contribution in [0.1, 0.15) is 44.2 Å². The number of carbonyl (C=O) groups is 2. The van der Waals surface area contributed by atoms with E-state index in [1.807, 2.05) is 0 Å². The van der Waals surface area contributed by atoms with Crippen LogP contribution in [0.5, 0.6) is 0 Å². The van der Waals surface area contributed by atoms with E-state index in [1.165, 1.54) is 12.1 Å². The van der Waals surface area contributed by atoms with E-state index < -0.39 is 17.3 Å². The van der Waals surface area contributed by atoms with E-state index in [4.69, 9.17) is 4.74 Å². The zero-order chi connectivity index (χ0) is 20.7. The predicted octanol–water partition coefficient (Wildman–Crippen LogP) is 3.89. The largest absolute Gasteiger partial charge is 0.444 e.